The Morgan fingerprint density at radius 2 is 2.38 bits per heavy atom. The van der Waals surface area contributed by atoms with Gasteiger partial charge in [-0.1, -0.05) is 13.8 Å². The molecule has 4 heteroatoms. The quantitative estimate of drug-likeness (QED) is 0.731. The van der Waals surface area contributed by atoms with Crippen molar-refractivity contribution in [2.45, 2.75) is 38.3 Å². The molecule has 1 fully saturated rings. The van der Waals surface area contributed by atoms with Gasteiger partial charge in [-0.3, -0.25) is 5.10 Å². The van der Waals surface area contributed by atoms with E-state index in [1.165, 1.54) is 0 Å². The largest absolute Gasteiger partial charge is 0.382 e. The topological polar surface area (TPSA) is 54.7 Å². The summed E-state index contributed by atoms with van der Waals surface area (Å²) in [6.45, 7) is 3.91. The first kappa shape index (κ1) is 8.53. The molecule has 0 aromatic carbocycles. The van der Waals surface area contributed by atoms with Crippen LogP contribution in [0.2, 0.25) is 0 Å². The molecule has 1 aromatic rings. The molecule has 3 N–H and O–H groups in total. The number of hydrogen-bond donors (Lipinski definition) is 2. The van der Waals surface area contributed by atoms with Gasteiger partial charge in [0, 0.05) is 16.7 Å². The Hall–Kier alpha value is -1.06. The third-order valence-corrected chi connectivity index (χ3v) is 2.96. The van der Waals surface area contributed by atoms with E-state index in [1.54, 1.807) is 0 Å². The van der Waals surface area contributed by atoms with E-state index >= 15 is 0 Å². The summed E-state index contributed by atoms with van der Waals surface area (Å²) in [4.78, 5) is 0. The number of nitrogens with zero attached hydrogens (tertiary/aromatic N) is 1. The Kier molecular flexibility index (Phi) is 1.62. The summed E-state index contributed by atoms with van der Waals surface area (Å²) in [5.74, 6) is 0.512. The van der Waals surface area contributed by atoms with Crippen LogP contribution in [0.5, 0.6) is 0 Å². The predicted molar refractivity (Wildman–Crippen MR) is 49.2 cm³/mol. The van der Waals surface area contributed by atoms with Crippen LogP contribution in [-0.2, 0) is 11.8 Å². The third-order valence-electron chi connectivity index (χ3n) is 2.96. The standard InChI is InChI=1S/C9H14FN3/c1-3-5-7(12-13-8(5)11)9(2)4-6(9)10/h6H,3-4H2,1-2H3,(H3,11,12,13). The maximum Gasteiger partial charge on any atom is 0.148 e. The molecular formula is C9H14FN3. The molecule has 1 heterocycles. The van der Waals surface area contributed by atoms with E-state index in [0.29, 0.717) is 12.2 Å². The van der Waals surface area contributed by atoms with Gasteiger partial charge in [-0.05, 0) is 12.8 Å². The summed E-state index contributed by atoms with van der Waals surface area (Å²) in [6, 6.07) is 0. The molecule has 0 radical (unpaired) electrons. The van der Waals surface area contributed by atoms with Crippen molar-refractivity contribution < 1.29 is 4.39 Å². The van der Waals surface area contributed by atoms with Crippen LogP contribution in [0.25, 0.3) is 0 Å². The van der Waals surface area contributed by atoms with Crippen molar-refractivity contribution in [1.29, 1.82) is 0 Å². The summed E-state index contributed by atoms with van der Waals surface area (Å²) in [5, 5.41) is 6.76. The molecule has 0 spiro atoms. The fourth-order valence-corrected chi connectivity index (χ4v) is 1.78. The SMILES string of the molecule is CCc1c(N)n[nH]c1C1(C)CC1F. The molecule has 13 heavy (non-hydrogen) atoms. The molecule has 0 bridgehead atoms. The fourth-order valence-electron chi connectivity index (χ4n) is 1.78. The number of hydrogen-bond acceptors (Lipinski definition) is 2. The second-order valence-electron chi connectivity index (χ2n) is 3.91. The minimum absolute atomic E-state index is 0.351. The molecular weight excluding hydrogens is 169 g/mol. The molecule has 1 saturated carbocycles. The Morgan fingerprint density at radius 1 is 1.77 bits per heavy atom. The maximum atomic E-state index is 13.1. The predicted octanol–water partition coefficient (Wildman–Crippen LogP) is 1.55. The zero-order chi connectivity index (χ0) is 9.64. The summed E-state index contributed by atoms with van der Waals surface area (Å²) in [5.41, 5.74) is 7.17. The van der Waals surface area contributed by atoms with Crippen LogP contribution in [0.1, 0.15) is 31.5 Å². The van der Waals surface area contributed by atoms with Crippen molar-refractivity contribution in [2.24, 2.45) is 0 Å². The van der Waals surface area contributed by atoms with Crippen molar-refractivity contribution in [1.82, 2.24) is 10.2 Å². The first-order chi connectivity index (χ1) is 6.09. The van der Waals surface area contributed by atoms with Gasteiger partial charge in [0.25, 0.3) is 0 Å². The Morgan fingerprint density at radius 3 is 2.85 bits per heavy atom. The Labute approximate surface area is 76.5 Å². The van der Waals surface area contributed by atoms with Gasteiger partial charge in [0.15, 0.2) is 0 Å². The van der Waals surface area contributed by atoms with Crippen LogP contribution in [0, 0.1) is 0 Å². The zero-order valence-corrected chi connectivity index (χ0v) is 7.89. The molecule has 0 amide bonds. The van der Waals surface area contributed by atoms with Crippen molar-refractivity contribution in [3.63, 3.8) is 0 Å². The second-order valence-corrected chi connectivity index (χ2v) is 3.91. The van der Waals surface area contributed by atoms with Gasteiger partial charge in [-0.25, -0.2) is 4.39 Å². The molecule has 1 aromatic heterocycles. The number of nitrogens with two attached hydrogens (primary N) is 1. The highest BCUT2D eigenvalue weighted by Gasteiger charge is 2.54. The number of alkyl halides is 1. The van der Waals surface area contributed by atoms with Crippen LogP contribution in [-0.4, -0.2) is 16.4 Å². The van der Waals surface area contributed by atoms with Gasteiger partial charge in [-0.15, -0.1) is 0 Å². The lowest BCUT2D eigenvalue weighted by Crippen LogP contribution is -2.08. The van der Waals surface area contributed by atoms with E-state index in [0.717, 1.165) is 17.7 Å². The number of nitrogen functional groups attached to an aromatic ring is 1. The van der Waals surface area contributed by atoms with Gasteiger partial charge < -0.3 is 5.73 Å². The van der Waals surface area contributed by atoms with Crippen molar-refractivity contribution in [3.05, 3.63) is 11.3 Å². The van der Waals surface area contributed by atoms with E-state index in [-0.39, 0.29) is 5.41 Å². The normalized spacial score (nSPS) is 32.1. The van der Waals surface area contributed by atoms with Crippen LogP contribution >= 0.6 is 0 Å². The molecule has 0 saturated heterocycles. The molecule has 2 unspecified atom stereocenters. The second kappa shape index (κ2) is 2.47. The molecule has 1 aliphatic rings. The minimum Gasteiger partial charge on any atom is -0.382 e. The van der Waals surface area contributed by atoms with Crippen LogP contribution in [0.3, 0.4) is 0 Å². The third kappa shape index (κ3) is 1.04. The molecule has 1 aliphatic carbocycles. The number of anilines is 1. The summed E-state index contributed by atoms with van der Waals surface area (Å²) in [7, 11) is 0. The van der Waals surface area contributed by atoms with E-state index in [4.69, 9.17) is 5.73 Å². The number of H-pyrrole nitrogens is 1. The van der Waals surface area contributed by atoms with Crippen LogP contribution in [0.4, 0.5) is 10.2 Å². The number of aromatic nitrogens is 2. The summed E-state index contributed by atoms with van der Waals surface area (Å²) in [6.07, 6.45) is 0.652. The average Bonchev–Trinajstić information content (AvgIpc) is 2.56. The first-order valence-corrected chi connectivity index (χ1v) is 4.57. The van der Waals surface area contributed by atoms with Gasteiger partial charge in [-0.2, -0.15) is 5.10 Å². The summed E-state index contributed by atoms with van der Waals surface area (Å²) >= 11 is 0. The summed E-state index contributed by atoms with van der Waals surface area (Å²) < 4.78 is 13.1. The highest BCUT2D eigenvalue weighted by Crippen LogP contribution is 2.51. The number of halogens is 1. The highest BCUT2D eigenvalue weighted by atomic mass is 19.1. The smallest absolute Gasteiger partial charge is 0.148 e. The molecule has 2 rings (SSSR count). The molecule has 2 atom stereocenters. The molecule has 0 aliphatic heterocycles. The fraction of sp³-hybridized carbons (Fsp3) is 0.667. The van der Waals surface area contributed by atoms with Crippen molar-refractivity contribution in [2.75, 3.05) is 5.73 Å². The first-order valence-electron chi connectivity index (χ1n) is 4.57. The number of aromatic amines is 1. The van der Waals surface area contributed by atoms with E-state index in [9.17, 15) is 4.39 Å². The van der Waals surface area contributed by atoms with Crippen molar-refractivity contribution in [3.8, 4) is 0 Å². The van der Waals surface area contributed by atoms with Crippen LogP contribution < -0.4 is 5.73 Å². The van der Waals surface area contributed by atoms with Crippen LogP contribution in [0.15, 0.2) is 0 Å². The number of nitrogens with one attached hydrogen (secondary N) is 1. The Balaban J connectivity index is 2.41. The monoisotopic (exact) mass is 183 g/mol. The Bertz CT molecular complexity index is 334. The lowest BCUT2D eigenvalue weighted by Gasteiger charge is -2.07. The minimum atomic E-state index is -0.738. The number of rotatable bonds is 2. The lowest BCUT2D eigenvalue weighted by molar-refractivity contribution is 0.427. The van der Waals surface area contributed by atoms with E-state index in [2.05, 4.69) is 10.2 Å². The molecule has 72 valence electrons. The maximum absolute atomic E-state index is 13.1. The van der Waals surface area contributed by atoms with Crippen molar-refractivity contribution >= 4 is 5.82 Å². The zero-order valence-electron chi connectivity index (χ0n) is 7.89. The molecule has 3 nitrogen and oxygen atoms in total. The van der Waals surface area contributed by atoms with Gasteiger partial charge in [0.2, 0.25) is 0 Å². The highest BCUT2D eigenvalue weighted by molar-refractivity contribution is 5.47. The van der Waals surface area contributed by atoms with E-state index < -0.39 is 6.17 Å². The van der Waals surface area contributed by atoms with Gasteiger partial charge in [0.1, 0.15) is 12.0 Å². The van der Waals surface area contributed by atoms with E-state index in [1.807, 2.05) is 13.8 Å². The average molecular weight is 183 g/mol. The van der Waals surface area contributed by atoms with Gasteiger partial charge in [0.05, 0.1) is 0 Å². The van der Waals surface area contributed by atoms with Gasteiger partial charge >= 0.3 is 0 Å². The lowest BCUT2D eigenvalue weighted by atomic mass is 9.99.